The van der Waals surface area contributed by atoms with Crippen molar-refractivity contribution in [1.82, 2.24) is 0 Å². The topological polar surface area (TPSA) is 151 Å². The molecule has 0 aliphatic heterocycles. The van der Waals surface area contributed by atoms with Crippen molar-refractivity contribution in [2.24, 2.45) is 0 Å². The van der Waals surface area contributed by atoms with Gasteiger partial charge in [0.25, 0.3) is 5.69 Å². The number of benzene rings is 1. The third-order valence-corrected chi connectivity index (χ3v) is 3.17. The lowest BCUT2D eigenvalue weighted by atomic mass is 9.96. The van der Waals surface area contributed by atoms with Crippen molar-refractivity contribution in [3.05, 3.63) is 38.4 Å². The van der Waals surface area contributed by atoms with Crippen LogP contribution in [0.5, 0.6) is 0 Å². The van der Waals surface area contributed by atoms with Crippen LogP contribution in [0.4, 0.5) is 5.69 Å². The van der Waals surface area contributed by atoms with E-state index >= 15 is 0 Å². The summed E-state index contributed by atoms with van der Waals surface area (Å²) in [6.07, 6.45) is -0.448. The number of nitro benzene ring substituents is 1. The van der Waals surface area contributed by atoms with E-state index in [-0.39, 0.29) is 30.0 Å². The summed E-state index contributed by atoms with van der Waals surface area (Å²) in [4.78, 5) is 31.4. The molecule has 0 fully saturated rings. The lowest BCUT2D eigenvalue weighted by molar-refractivity contribution is -0.437. The van der Waals surface area contributed by atoms with Gasteiger partial charge in [0.1, 0.15) is 11.1 Å². The van der Waals surface area contributed by atoms with E-state index in [2.05, 4.69) is 5.73 Å². The number of aliphatic carboxylic acids is 2. The van der Waals surface area contributed by atoms with E-state index in [1.54, 1.807) is 0 Å². The SMILES string of the molecule is [NH3+][C@@H](Cc1cc(Cl)c([N+](=O)[O-])cc1CCC(=O)[O-])C(=O)[O-]. The second kappa shape index (κ2) is 7.00. The van der Waals surface area contributed by atoms with Gasteiger partial charge in [0.05, 0.1) is 10.9 Å². The Morgan fingerprint density at radius 1 is 1.29 bits per heavy atom. The molecule has 0 amide bonds. The fourth-order valence-corrected chi connectivity index (χ4v) is 2.05. The van der Waals surface area contributed by atoms with E-state index in [1.807, 2.05) is 0 Å². The van der Waals surface area contributed by atoms with Crippen LogP contribution in [0, 0.1) is 10.1 Å². The van der Waals surface area contributed by atoms with Crippen LogP contribution in [-0.4, -0.2) is 22.9 Å². The second-order valence-electron chi connectivity index (χ2n) is 4.42. The molecule has 0 radical (unpaired) electrons. The van der Waals surface area contributed by atoms with Crippen LogP contribution in [0.15, 0.2) is 12.1 Å². The van der Waals surface area contributed by atoms with Crippen LogP contribution in [0.3, 0.4) is 0 Å². The van der Waals surface area contributed by atoms with Crippen LogP contribution in [0.1, 0.15) is 17.5 Å². The van der Waals surface area contributed by atoms with Crippen LogP contribution in [-0.2, 0) is 22.4 Å². The molecule has 8 nitrogen and oxygen atoms in total. The number of rotatable bonds is 7. The summed E-state index contributed by atoms with van der Waals surface area (Å²) >= 11 is 5.77. The van der Waals surface area contributed by atoms with E-state index in [9.17, 15) is 29.9 Å². The zero-order valence-corrected chi connectivity index (χ0v) is 11.6. The molecule has 1 aromatic rings. The minimum atomic E-state index is -1.38. The molecular weight excluding hydrogens is 304 g/mol. The zero-order valence-electron chi connectivity index (χ0n) is 10.8. The van der Waals surface area contributed by atoms with Crippen LogP contribution < -0.4 is 15.9 Å². The first-order chi connectivity index (χ1) is 9.72. The van der Waals surface area contributed by atoms with Gasteiger partial charge in [0.15, 0.2) is 0 Å². The fraction of sp³-hybridized carbons (Fsp3) is 0.333. The summed E-state index contributed by atoms with van der Waals surface area (Å²) in [5, 5.41) is 31.9. The highest BCUT2D eigenvalue weighted by molar-refractivity contribution is 6.32. The number of nitro groups is 1. The van der Waals surface area contributed by atoms with Gasteiger partial charge in [-0.25, -0.2) is 0 Å². The van der Waals surface area contributed by atoms with E-state index in [0.29, 0.717) is 11.1 Å². The average Bonchev–Trinajstić information content (AvgIpc) is 2.36. The molecule has 21 heavy (non-hydrogen) atoms. The lowest BCUT2D eigenvalue weighted by Gasteiger charge is -2.14. The minimum Gasteiger partial charge on any atom is -0.550 e. The molecule has 9 heteroatoms. The molecule has 0 bridgehead atoms. The number of carboxylic acid groups (broad SMARTS) is 2. The Balaban J connectivity index is 3.19. The first kappa shape index (κ1) is 16.9. The zero-order chi connectivity index (χ0) is 16.2. The first-order valence-electron chi connectivity index (χ1n) is 5.91. The quantitative estimate of drug-likeness (QED) is 0.446. The maximum atomic E-state index is 10.8. The maximum absolute atomic E-state index is 10.8. The summed E-state index contributed by atoms with van der Waals surface area (Å²) in [7, 11) is 0. The van der Waals surface area contributed by atoms with Crippen LogP contribution >= 0.6 is 11.6 Å². The monoisotopic (exact) mass is 315 g/mol. The molecule has 3 N–H and O–H groups in total. The molecule has 1 atom stereocenters. The van der Waals surface area contributed by atoms with E-state index < -0.39 is 22.9 Å². The Morgan fingerprint density at radius 2 is 1.90 bits per heavy atom. The van der Waals surface area contributed by atoms with Gasteiger partial charge >= 0.3 is 0 Å². The molecule has 1 aromatic carbocycles. The van der Waals surface area contributed by atoms with Crippen molar-refractivity contribution in [3.8, 4) is 0 Å². The minimum absolute atomic E-state index is 0.0323. The Morgan fingerprint density at radius 3 is 2.38 bits per heavy atom. The standard InChI is InChI=1S/C12H13ClN2O6/c13-8-3-7(4-9(14)12(18)19)6(1-2-11(16)17)5-10(8)15(20)21/h3,5,9H,1-2,4,14H2,(H,16,17)(H,18,19)/p-1/t9-/m0/s1. The largest absolute Gasteiger partial charge is 0.550 e. The highest BCUT2D eigenvalue weighted by Gasteiger charge is 2.19. The summed E-state index contributed by atoms with van der Waals surface area (Å²) in [6.45, 7) is 0. The number of aryl methyl sites for hydroxylation is 1. The Bertz CT molecular complexity index is 589. The Hall–Kier alpha value is -2.19. The maximum Gasteiger partial charge on any atom is 0.288 e. The molecule has 0 spiro atoms. The van der Waals surface area contributed by atoms with E-state index in [4.69, 9.17) is 11.6 Å². The number of carbonyl (C=O) groups is 2. The van der Waals surface area contributed by atoms with Crippen molar-refractivity contribution < 1.29 is 30.5 Å². The number of halogens is 1. The van der Waals surface area contributed by atoms with Gasteiger partial charge in [-0.15, -0.1) is 0 Å². The third kappa shape index (κ3) is 4.69. The van der Waals surface area contributed by atoms with Gasteiger partial charge in [-0.1, -0.05) is 11.6 Å². The molecule has 114 valence electrons. The Labute approximate surface area is 124 Å². The van der Waals surface area contributed by atoms with Gasteiger partial charge < -0.3 is 25.5 Å². The number of nitrogens with zero attached hydrogens (tertiary/aromatic N) is 1. The van der Waals surface area contributed by atoms with Crippen molar-refractivity contribution in [2.75, 3.05) is 0 Å². The average molecular weight is 316 g/mol. The van der Waals surface area contributed by atoms with Gasteiger partial charge in [0.2, 0.25) is 0 Å². The van der Waals surface area contributed by atoms with Crippen molar-refractivity contribution in [2.45, 2.75) is 25.3 Å². The summed E-state index contributed by atoms with van der Waals surface area (Å²) in [6, 6.07) is 1.32. The molecule has 0 unspecified atom stereocenters. The summed E-state index contributed by atoms with van der Waals surface area (Å²) in [5.41, 5.74) is 3.73. The smallest absolute Gasteiger partial charge is 0.288 e. The molecule has 0 heterocycles. The second-order valence-corrected chi connectivity index (χ2v) is 4.83. The van der Waals surface area contributed by atoms with Crippen molar-refractivity contribution >= 4 is 29.2 Å². The molecule has 0 saturated heterocycles. The first-order valence-corrected chi connectivity index (χ1v) is 6.29. The van der Waals surface area contributed by atoms with Gasteiger partial charge in [-0.3, -0.25) is 10.1 Å². The number of hydrogen-bond donors (Lipinski definition) is 1. The fourth-order valence-electron chi connectivity index (χ4n) is 1.79. The van der Waals surface area contributed by atoms with Gasteiger partial charge in [-0.2, -0.15) is 0 Å². The lowest BCUT2D eigenvalue weighted by Crippen LogP contribution is -2.69. The Kier molecular flexibility index (Phi) is 5.62. The predicted molar refractivity (Wildman–Crippen MR) is 66.8 cm³/mol. The number of carbonyl (C=O) groups excluding carboxylic acids is 2. The van der Waals surface area contributed by atoms with Crippen molar-refractivity contribution in [3.63, 3.8) is 0 Å². The molecule has 0 aliphatic carbocycles. The van der Waals surface area contributed by atoms with Gasteiger partial charge in [-0.05, 0) is 30.0 Å². The highest BCUT2D eigenvalue weighted by atomic mass is 35.5. The summed E-state index contributed by atoms with van der Waals surface area (Å²) < 4.78 is 0. The number of hydrogen-bond acceptors (Lipinski definition) is 6. The summed E-state index contributed by atoms with van der Waals surface area (Å²) in [5.74, 6) is -2.69. The molecule has 0 aromatic heterocycles. The normalized spacial score (nSPS) is 11.9. The van der Waals surface area contributed by atoms with Crippen LogP contribution in [0.25, 0.3) is 0 Å². The predicted octanol–water partition coefficient (Wildman–Crippen LogP) is -2.17. The van der Waals surface area contributed by atoms with E-state index in [0.717, 1.165) is 6.07 Å². The van der Waals surface area contributed by atoms with E-state index in [1.165, 1.54) is 6.07 Å². The highest BCUT2D eigenvalue weighted by Crippen LogP contribution is 2.29. The number of quaternary nitrogens is 1. The number of carboxylic acids is 2. The third-order valence-electron chi connectivity index (χ3n) is 2.86. The van der Waals surface area contributed by atoms with Crippen molar-refractivity contribution in [1.29, 1.82) is 0 Å². The molecular formula is C12H12ClN2O6-. The molecule has 1 rings (SSSR count). The molecule has 0 aliphatic rings. The van der Waals surface area contributed by atoms with Crippen LogP contribution in [0.2, 0.25) is 5.02 Å². The van der Waals surface area contributed by atoms with Gasteiger partial charge in [0, 0.05) is 18.5 Å². The molecule has 0 saturated carbocycles.